The van der Waals surface area contributed by atoms with E-state index in [-0.39, 0.29) is 6.61 Å². The zero-order valence-corrected chi connectivity index (χ0v) is 8.62. The standard InChI is InChI=1S/C10H15BO3/c1-13-9-4-2-3-8(7-12)10(9)14-6-5-11/h2-4,12H,5-7,11H2,1H3. The maximum absolute atomic E-state index is 9.10. The van der Waals surface area contributed by atoms with Gasteiger partial charge in [-0.3, -0.25) is 0 Å². The van der Waals surface area contributed by atoms with Gasteiger partial charge in [0.1, 0.15) is 7.85 Å². The van der Waals surface area contributed by atoms with E-state index >= 15 is 0 Å². The molecule has 1 aromatic rings. The number of ether oxygens (including phenoxy) is 2. The van der Waals surface area contributed by atoms with E-state index in [2.05, 4.69) is 0 Å². The second kappa shape index (κ2) is 5.55. The number of methoxy groups -OCH3 is 1. The lowest BCUT2D eigenvalue weighted by Gasteiger charge is -2.13. The van der Waals surface area contributed by atoms with E-state index < -0.39 is 0 Å². The monoisotopic (exact) mass is 194 g/mol. The molecule has 0 saturated carbocycles. The molecule has 0 heterocycles. The van der Waals surface area contributed by atoms with Crippen LogP contribution in [0, 0.1) is 0 Å². The molecule has 0 aliphatic carbocycles. The van der Waals surface area contributed by atoms with Crippen LogP contribution in [0.5, 0.6) is 11.5 Å². The van der Waals surface area contributed by atoms with Crippen molar-refractivity contribution in [1.82, 2.24) is 0 Å². The van der Waals surface area contributed by atoms with Crippen LogP contribution in [-0.2, 0) is 6.61 Å². The first-order chi connectivity index (χ1) is 6.83. The topological polar surface area (TPSA) is 38.7 Å². The van der Waals surface area contributed by atoms with Crippen LogP contribution in [0.25, 0.3) is 0 Å². The Morgan fingerprint density at radius 1 is 1.43 bits per heavy atom. The molecule has 0 saturated heterocycles. The molecule has 0 unspecified atom stereocenters. The quantitative estimate of drug-likeness (QED) is 0.698. The lowest BCUT2D eigenvalue weighted by Crippen LogP contribution is -2.01. The molecule has 4 heteroatoms. The summed E-state index contributed by atoms with van der Waals surface area (Å²) in [5.74, 6) is 1.32. The van der Waals surface area contributed by atoms with Gasteiger partial charge in [0, 0.05) is 5.56 Å². The fourth-order valence-corrected chi connectivity index (χ4v) is 1.21. The second-order valence-corrected chi connectivity index (χ2v) is 2.96. The van der Waals surface area contributed by atoms with Crippen molar-refractivity contribution >= 4 is 7.85 Å². The Labute approximate surface area is 85.1 Å². The van der Waals surface area contributed by atoms with Crippen LogP contribution in [0.15, 0.2) is 18.2 Å². The van der Waals surface area contributed by atoms with E-state index in [0.717, 1.165) is 11.9 Å². The maximum Gasteiger partial charge on any atom is 0.166 e. The predicted octanol–water partition coefficient (Wildman–Crippen LogP) is 0.618. The minimum Gasteiger partial charge on any atom is -0.493 e. The molecular formula is C10H15BO3. The molecule has 1 N–H and O–H groups in total. The van der Waals surface area contributed by atoms with Gasteiger partial charge < -0.3 is 14.6 Å². The smallest absolute Gasteiger partial charge is 0.166 e. The molecule has 0 bridgehead atoms. The highest BCUT2D eigenvalue weighted by atomic mass is 16.5. The van der Waals surface area contributed by atoms with Gasteiger partial charge in [0.15, 0.2) is 11.5 Å². The summed E-state index contributed by atoms with van der Waals surface area (Å²) in [5.41, 5.74) is 0.762. The van der Waals surface area contributed by atoms with Gasteiger partial charge in [0.25, 0.3) is 0 Å². The Hall–Kier alpha value is -1.16. The summed E-state index contributed by atoms with van der Waals surface area (Å²) in [6.45, 7) is 0.601. The first-order valence-electron chi connectivity index (χ1n) is 4.73. The molecule has 0 amide bonds. The third-order valence-electron chi connectivity index (χ3n) is 1.90. The number of hydrogen-bond acceptors (Lipinski definition) is 3. The van der Waals surface area contributed by atoms with Crippen LogP contribution in [0.1, 0.15) is 5.56 Å². The number of aliphatic hydroxyl groups excluding tert-OH is 1. The third kappa shape index (κ3) is 2.42. The van der Waals surface area contributed by atoms with Crippen molar-refractivity contribution in [2.24, 2.45) is 0 Å². The Morgan fingerprint density at radius 2 is 2.21 bits per heavy atom. The van der Waals surface area contributed by atoms with Gasteiger partial charge in [0.05, 0.1) is 20.3 Å². The summed E-state index contributed by atoms with van der Waals surface area (Å²) in [7, 11) is 3.63. The lowest BCUT2D eigenvalue weighted by molar-refractivity contribution is 0.260. The van der Waals surface area contributed by atoms with Gasteiger partial charge in [-0.05, 0) is 12.4 Å². The average molecular weight is 194 g/mol. The van der Waals surface area contributed by atoms with E-state index in [1.165, 1.54) is 0 Å². The minimum atomic E-state index is -0.0315. The zero-order chi connectivity index (χ0) is 10.4. The Morgan fingerprint density at radius 3 is 2.79 bits per heavy atom. The van der Waals surface area contributed by atoms with Crippen LogP contribution in [0.2, 0.25) is 6.32 Å². The van der Waals surface area contributed by atoms with Crippen LogP contribution >= 0.6 is 0 Å². The van der Waals surface area contributed by atoms with Gasteiger partial charge in [-0.15, -0.1) is 0 Å². The summed E-state index contributed by atoms with van der Waals surface area (Å²) in [5, 5.41) is 9.10. The molecule has 14 heavy (non-hydrogen) atoms. The molecule has 0 aliphatic rings. The van der Waals surface area contributed by atoms with Crippen LogP contribution < -0.4 is 9.47 Å². The largest absolute Gasteiger partial charge is 0.493 e. The molecule has 0 fully saturated rings. The third-order valence-corrected chi connectivity index (χ3v) is 1.90. The van der Waals surface area contributed by atoms with E-state index in [0.29, 0.717) is 18.1 Å². The fourth-order valence-electron chi connectivity index (χ4n) is 1.21. The van der Waals surface area contributed by atoms with Gasteiger partial charge in [-0.1, -0.05) is 12.1 Å². The van der Waals surface area contributed by atoms with Crippen LogP contribution in [-0.4, -0.2) is 26.7 Å². The summed E-state index contributed by atoms with van der Waals surface area (Å²) in [6, 6.07) is 5.49. The zero-order valence-electron chi connectivity index (χ0n) is 8.62. The van der Waals surface area contributed by atoms with E-state index in [9.17, 15) is 0 Å². The molecule has 0 aliphatic heterocycles. The van der Waals surface area contributed by atoms with Gasteiger partial charge in [-0.2, -0.15) is 0 Å². The first-order valence-corrected chi connectivity index (χ1v) is 4.73. The molecule has 3 nitrogen and oxygen atoms in total. The van der Waals surface area contributed by atoms with Crippen molar-refractivity contribution in [2.45, 2.75) is 12.9 Å². The van der Waals surface area contributed by atoms with Gasteiger partial charge >= 0.3 is 0 Å². The molecule has 0 radical (unpaired) electrons. The Kier molecular flexibility index (Phi) is 4.33. The molecular weight excluding hydrogens is 179 g/mol. The first kappa shape index (κ1) is 10.9. The Balaban J connectivity index is 2.93. The van der Waals surface area contributed by atoms with Crippen molar-refractivity contribution < 1.29 is 14.6 Å². The summed E-state index contributed by atoms with van der Waals surface area (Å²) >= 11 is 0. The van der Waals surface area contributed by atoms with Crippen molar-refractivity contribution in [3.8, 4) is 11.5 Å². The molecule has 76 valence electrons. The highest BCUT2D eigenvalue weighted by molar-refractivity contribution is 6.08. The molecule has 1 aromatic carbocycles. The highest BCUT2D eigenvalue weighted by Crippen LogP contribution is 2.30. The summed E-state index contributed by atoms with van der Waals surface area (Å²) in [4.78, 5) is 0. The SMILES string of the molecule is BCCOc1c(CO)cccc1OC. The van der Waals surface area contributed by atoms with Crippen molar-refractivity contribution in [2.75, 3.05) is 13.7 Å². The van der Waals surface area contributed by atoms with Crippen LogP contribution in [0.3, 0.4) is 0 Å². The van der Waals surface area contributed by atoms with Crippen LogP contribution in [0.4, 0.5) is 0 Å². The highest BCUT2D eigenvalue weighted by Gasteiger charge is 2.08. The number of para-hydroxylation sites is 1. The van der Waals surface area contributed by atoms with Gasteiger partial charge in [0.2, 0.25) is 0 Å². The minimum absolute atomic E-state index is 0.0315. The van der Waals surface area contributed by atoms with E-state index in [1.54, 1.807) is 7.11 Å². The normalized spacial score (nSPS) is 9.86. The molecule has 0 aromatic heterocycles. The maximum atomic E-state index is 9.10. The van der Waals surface area contributed by atoms with E-state index in [1.807, 2.05) is 26.0 Å². The number of rotatable bonds is 5. The Bertz CT molecular complexity index is 266. The van der Waals surface area contributed by atoms with E-state index in [4.69, 9.17) is 14.6 Å². The van der Waals surface area contributed by atoms with Crippen molar-refractivity contribution in [1.29, 1.82) is 0 Å². The number of aliphatic hydroxyl groups is 1. The van der Waals surface area contributed by atoms with Crippen molar-refractivity contribution in [3.05, 3.63) is 23.8 Å². The molecule has 0 spiro atoms. The number of hydrogen-bond donors (Lipinski definition) is 1. The number of benzene rings is 1. The molecule has 0 atom stereocenters. The molecule has 1 rings (SSSR count). The average Bonchev–Trinajstić information content (AvgIpc) is 2.25. The second-order valence-electron chi connectivity index (χ2n) is 2.96. The predicted molar refractivity (Wildman–Crippen MR) is 57.8 cm³/mol. The van der Waals surface area contributed by atoms with Gasteiger partial charge in [-0.25, -0.2) is 0 Å². The summed E-state index contributed by atoms with van der Waals surface area (Å²) < 4.78 is 10.7. The summed E-state index contributed by atoms with van der Waals surface area (Å²) in [6.07, 6.45) is 0.933. The fraction of sp³-hybridized carbons (Fsp3) is 0.400. The van der Waals surface area contributed by atoms with Crippen molar-refractivity contribution in [3.63, 3.8) is 0 Å². The lowest BCUT2D eigenvalue weighted by atomic mass is 10.1.